The van der Waals surface area contributed by atoms with Crippen molar-refractivity contribution in [1.29, 1.82) is 0 Å². The number of benzene rings is 1. The molecule has 3 aromatic rings. The monoisotopic (exact) mass is 374 g/mol. The zero-order valence-electron chi connectivity index (χ0n) is 13.1. The summed E-state index contributed by atoms with van der Waals surface area (Å²) >= 11 is 7.49. The first-order valence-corrected chi connectivity index (χ1v) is 8.84. The van der Waals surface area contributed by atoms with E-state index in [-0.39, 0.29) is 24.3 Å². The summed E-state index contributed by atoms with van der Waals surface area (Å²) in [5, 5.41) is 10.0. The van der Waals surface area contributed by atoms with Crippen molar-refractivity contribution in [2.24, 2.45) is 0 Å². The van der Waals surface area contributed by atoms with Crippen LogP contribution in [0, 0.1) is 0 Å². The van der Waals surface area contributed by atoms with Crippen LogP contribution in [-0.2, 0) is 4.79 Å². The first-order valence-electron chi connectivity index (χ1n) is 7.52. The second-order valence-electron chi connectivity index (χ2n) is 5.27. The molecule has 1 aromatic carbocycles. The quantitative estimate of drug-likeness (QED) is 0.692. The number of hydrogen-bond donors (Lipinski definition) is 2. The van der Waals surface area contributed by atoms with E-state index in [1.165, 1.54) is 12.3 Å². The molecule has 7 heteroatoms. The van der Waals surface area contributed by atoms with Crippen LogP contribution in [0.15, 0.2) is 63.9 Å². The van der Waals surface area contributed by atoms with Gasteiger partial charge in [-0.2, -0.15) is 11.3 Å². The minimum Gasteiger partial charge on any atom is -0.459 e. The topological polar surface area (TPSA) is 71.3 Å². The lowest BCUT2D eigenvalue weighted by atomic mass is 10.0. The molecule has 0 aliphatic carbocycles. The fourth-order valence-electron chi connectivity index (χ4n) is 2.32. The van der Waals surface area contributed by atoms with E-state index < -0.39 is 5.91 Å². The molecule has 0 spiro atoms. The predicted octanol–water partition coefficient (Wildman–Crippen LogP) is 3.63. The lowest BCUT2D eigenvalue weighted by molar-refractivity contribution is -0.120. The van der Waals surface area contributed by atoms with Crippen molar-refractivity contribution in [2.75, 3.05) is 6.54 Å². The van der Waals surface area contributed by atoms with Crippen molar-refractivity contribution < 1.29 is 14.0 Å². The Kier molecular flexibility index (Phi) is 5.53. The van der Waals surface area contributed by atoms with Gasteiger partial charge in [0, 0.05) is 5.02 Å². The molecule has 128 valence electrons. The molecular weight excluding hydrogens is 360 g/mol. The molecule has 2 heterocycles. The van der Waals surface area contributed by atoms with E-state index >= 15 is 0 Å². The Labute approximate surface area is 153 Å². The third-order valence-corrected chi connectivity index (χ3v) is 4.49. The summed E-state index contributed by atoms with van der Waals surface area (Å²) in [5.74, 6) is -0.565. The third-order valence-electron chi connectivity index (χ3n) is 3.54. The molecule has 0 saturated heterocycles. The van der Waals surface area contributed by atoms with Crippen molar-refractivity contribution in [3.8, 4) is 0 Å². The van der Waals surface area contributed by atoms with Gasteiger partial charge in [0.2, 0.25) is 5.91 Å². The van der Waals surface area contributed by atoms with Crippen molar-refractivity contribution in [3.63, 3.8) is 0 Å². The highest BCUT2D eigenvalue weighted by atomic mass is 35.5. The minimum absolute atomic E-state index is 0.145. The van der Waals surface area contributed by atoms with Crippen LogP contribution in [-0.4, -0.2) is 18.4 Å². The van der Waals surface area contributed by atoms with Gasteiger partial charge in [-0.15, -0.1) is 0 Å². The van der Waals surface area contributed by atoms with E-state index in [2.05, 4.69) is 10.6 Å². The largest absolute Gasteiger partial charge is 0.459 e. The molecule has 0 bridgehead atoms. The Morgan fingerprint density at radius 2 is 1.92 bits per heavy atom. The standard InChI is InChI=1S/C18H15ClN2O3S/c19-14-5-3-12(4-6-14)17(13-7-9-25-11-13)21-16(22)10-20-18(23)15-2-1-8-24-15/h1-9,11,17H,10H2,(H,20,23)(H,21,22)/t17-/m0/s1. The van der Waals surface area contributed by atoms with E-state index in [0.29, 0.717) is 5.02 Å². The molecule has 0 aliphatic rings. The SMILES string of the molecule is O=C(CNC(=O)c1ccco1)N[C@@H](c1ccc(Cl)cc1)c1ccsc1. The van der Waals surface area contributed by atoms with Crippen LogP contribution >= 0.6 is 22.9 Å². The van der Waals surface area contributed by atoms with Crippen LogP contribution in [0.4, 0.5) is 0 Å². The van der Waals surface area contributed by atoms with Gasteiger partial charge in [0.1, 0.15) is 0 Å². The van der Waals surface area contributed by atoms with E-state index in [9.17, 15) is 9.59 Å². The summed E-state index contributed by atoms with van der Waals surface area (Å²) in [6.45, 7) is -0.145. The summed E-state index contributed by atoms with van der Waals surface area (Å²) in [6.07, 6.45) is 1.40. The van der Waals surface area contributed by atoms with Crippen molar-refractivity contribution in [3.05, 3.63) is 81.4 Å². The molecule has 0 radical (unpaired) electrons. The first-order chi connectivity index (χ1) is 12.1. The molecular formula is C18H15ClN2O3S. The molecule has 3 rings (SSSR count). The van der Waals surface area contributed by atoms with Crippen LogP contribution in [0.3, 0.4) is 0 Å². The van der Waals surface area contributed by atoms with Crippen LogP contribution in [0.2, 0.25) is 5.02 Å². The Morgan fingerprint density at radius 1 is 1.12 bits per heavy atom. The van der Waals surface area contributed by atoms with Crippen LogP contribution < -0.4 is 10.6 Å². The highest BCUT2D eigenvalue weighted by Crippen LogP contribution is 2.25. The maximum atomic E-state index is 12.3. The summed E-state index contributed by atoms with van der Waals surface area (Å²) < 4.78 is 4.99. The summed E-state index contributed by atoms with van der Waals surface area (Å²) in [5.41, 5.74) is 1.88. The fraction of sp³-hybridized carbons (Fsp3) is 0.111. The Morgan fingerprint density at radius 3 is 2.56 bits per heavy atom. The molecule has 0 fully saturated rings. The number of amides is 2. The van der Waals surface area contributed by atoms with Gasteiger partial charge in [0.15, 0.2) is 5.76 Å². The van der Waals surface area contributed by atoms with Gasteiger partial charge in [-0.3, -0.25) is 9.59 Å². The normalized spacial score (nSPS) is 11.7. The van der Waals surface area contributed by atoms with Crippen molar-refractivity contribution in [2.45, 2.75) is 6.04 Å². The molecule has 5 nitrogen and oxygen atoms in total. The number of nitrogens with one attached hydrogen (secondary N) is 2. The number of furan rings is 1. The smallest absolute Gasteiger partial charge is 0.287 e. The highest BCUT2D eigenvalue weighted by Gasteiger charge is 2.18. The number of carbonyl (C=O) groups excluding carboxylic acids is 2. The Hall–Kier alpha value is -2.57. The van der Waals surface area contributed by atoms with Gasteiger partial charge in [-0.1, -0.05) is 23.7 Å². The van der Waals surface area contributed by atoms with Gasteiger partial charge in [0.05, 0.1) is 18.8 Å². The molecule has 0 unspecified atom stereocenters. The molecule has 2 N–H and O–H groups in total. The number of thiophene rings is 1. The van der Waals surface area contributed by atoms with Crippen molar-refractivity contribution in [1.82, 2.24) is 10.6 Å². The summed E-state index contributed by atoms with van der Waals surface area (Å²) in [7, 11) is 0. The molecule has 0 aliphatic heterocycles. The minimum atomic E-state index is -0.432. The number of halogens is 1. The average Bonchev–Trinajstić information content (AvgIpc) is 3.31. The number of hydrogen-bond acceptors (Lipinski definition) is 4. The lowest BCUT2D eigenvalue weighted by Crippen LogP contribution is -2.38. The van der Waals surface area contributed by atoms with Gasteiger partial charge in [0.25, 0.3) is 5.91 Å². The Bertz CT molecular complexity index is 830. The van der Waals surface area contributed by atoms with Gasteiger partial charge < -0.3 is 15.1 Å². The van der Waals surface area contributed by atoms with Gasteiger partial charge >= 0.3 is 0 Å². The number of carbonyl (C=O) groups is 2. The van der Waals surface area contributed by atoms with E-state index in [0.717, 1.165) is 11.1 Å². The molecule has 0 saturated carbocycles. The third kappa shape index (κ3) is 4.49. The maximum absolute atomic E-state index is 12.3. The van der Waals surface area contributed by atoms with E-state index in [4.69, 9.17) is 16.0 Å². The maximum Gasteiger partial charge on any atom is 0.287 e. The van der Waals surface area contributed by atoms with Crippen LogP contribution in [0.25, 0.3) is 0 Å². The zero-order valence-corrected chi connectivity index (χ0v) is 14.6. The zero-order chi connectivity index (χ0) is 17.6. The van der Waals surface area contributed by atoms with Crippen LogP contribution in [0.1, 0.15) is 27.7 Å². The predicted molar refractivity (Wildman–Crippen MR) is 96.8 cm³/mol. The number of rotatable bonds is 6. The lowest BCUT2D eigenvalue weighted by Gasteiger charge is -2.19. The molecule has 2 amide bonds. The molecule has 25 heavy (non-hydrogen) atoms. The second kappa shape index (κ2) is 8.00. The Balaban J connectivity index is 1.67. The summed E-state index contributed by atoms with van der Waals surface area (Å²) in [6, 6.07) is 12.1. The van der Waals surface area contributed by atoms with E-state index in [1.54, 1.807) is 29.5 Å². The fourth-order valence-corrected chi connectivity index (χ4v) is 3.13. The highest BCUT2D eigenvalue weighted by molar-refractivity contribution is 7.08. The first kappa shape index (κ1) is 17.3. The average molecular weight is 375 g/mol. The van der Waals surface area contributed by atoms with Gasteiger partial charge in [-0.05, 0) is 52.2 Å². The summed E-state index contributed by atoms with van der Waals surface area (Å²) in [4.78, 5) is 24.1. The van der Waals surface area contributed by atoms with Crippen LogP contribution in [0.5, 0.6) is 0 Å². The second-order valence-corrected chi connectivity index (χ2v) is 6.49. The van der Waals surface area contributed by atoms with E-state index in [1.807, 2.05) is 29.0 Å². The molecule has 1 atom stereocenters. The van der Waals surface area contributed by atoms with Gasteiger partial charge in [-0.25, -0.2) is 0 Å². The van der Waals surface area contributed by atoms with Crippen molar-refractivity contribution >= 4 is 34.8 Å². The molecule has 2 aromatic heterocycles.